The van der Waals surface area contributed by atoms with Crippen molar-refractivity contribution in [2.45, 2.75) is 18.9 Å². The van der Waals surface area contributed by atoms with Crippen molar-refractivity contribution in [3.05, 3.63) is 29.8 Å². The highest BCUT2D eigenvalue weighted by molar-refractivity contribution is 5.94. The van der Waals surface area contributed by atoms with Crippen LogP contribution < -0.4 is 5.32 Å². The minimum absolute atomic E-state index is 0.0910. The summed E-state index contributed by atoms with van der Waals surface area (Å²) in [6.45, 7) is 0.669. The molecule has 1 aromatic carbocycles. The molecule has 1 aliphatic heterocycles. The smallest absolute Gasteiger partial charge is 0.253 e. The van der Waals surface area contributed by atoms with E-state index in [9.17, 15) is 4.79 Å². The quantitative estimate of drug-likeness (QED) is 0.764. The molecular formula is C13H13NO2. The van der Waals surface area contributed by atoms with E-state index in [-0.39, 0.29) is 12.0 Å². The molecule has 1 saturated heterocycles. The fraction of sp³-hybridized carbons (Fsp3) is 0.308. The number of hydrogen-bond acceptors (Lipinski definition) is 2. The molecule has 1 fully saturated rings. The maximum atomic E-state index is 11.7. The summed E-state index contributed by atoms with van der Waals surface area (Å²) in [5.74, 6) is 2.44. The third-order valence-corrected chi connectivity index (χ3v) is 2.52. The molecule has 3 nitrogen and oxygen atoms in total. The number of carbonyl (C=O) groups is 1. The largest absolute Gasteiger partial charge is 0.368 e. The van der Waals surface area contributed by atoms with Gasteiger partial charge in [0.25, 0.3) is 5.91 Å². The van der Waals surface area contributed by atoms with Gasteiger partial charge in [-0.3, -0.25) is 4.79 Å². The molecule has 1 aromatic rings. The zero-order chi connectivity index (χ0) is 11.4. The van der Waals surface area contributed by atoms with Crippen molar-refractivity contribution < 1.29 is 9.53 Å². The van der Waals surface area contributed by atoms with Gasteiger partial charge in [0.15, 0.2) is 0 Å². The minimum atomic E-state index is -0.311. The van der Waals surface area contributed by atoms with Gasteiger partial charge in [-0.15, -0.1) is 6.42 Å². The molecule has 82 valence electrons. The summed E-state index contributed by atoms with van der Waals surface area (Å²) < 4.78 is 5.29. The van der Waals surface area contributed by atoms with E-state index in [0.29, 0.717) is 6.61 Å². The molecule has 0 aromatic heterocycles. The molecule has 0 aliphatic carbocycles. The lowest BCUT2D eigenvalue weighted by atomic mass is 10.2. The van der Waals surface area contributed by atoms with E-state index in [1.807, 2.05) is 18.2 Å². The molecule has 1 atom stereocenters. The molecule has 0 spiro atoms. The van der Waals surface area contributed by atoms with Crippen LogP contribution in [0.2, 0.25) is 0 Å². The third-order valence-electron chi connectivity index (χ3n) is 2.52. The fourth-order valence-corrected chi connectivity index (χ4v) is 1.69. The summed E-state index contributed by atoms with van der Waals surface area (Å²) in [5, 5.41) is 2.80. The third kappa shape index (κ3) is 2.41. The summed E-state index contributed by atoms with van der Waals surface area (Å²) in [7, 11) is 0. The van der Waals surface area contributed by atoms with Crippen molar-refractivity contribution in [1.29, 1.82) is 0 Å². The van der Waals surface area contributed by atoms with Crippen LogP contribution in [0.1, 0.15) is 18.4 Å². The van der Waals surface area contributed by atoms with E-state index in [0.717, 1.165) is 24.1 Å². The lowest BCUT2D eigenvalue weighted by Crippen LogP contribution is -2.26. The highest BCUT2D eigenvalue weighted by Gasteiger charge is 2.23. The highest BCUT2D eigenvalue weighted by atomic mass is 16.5. The first-order chi connectivity index (χ1) is 7.79. The van der Waals surface area contributed by atoms with Crippen molar-refractivity contribution >= 4 is 11.6 Å². The Hall–Kier alpha value is -1.79. The second-order valence-corrected chi connectivity index (χ2v) is 3.72. The Morgan fingerprint density at radius 3 is 3.12 bits per heavy atom. The number of anilines is 1. The molecule has 1 unspecified atom stereocenters. The average molecular weight is 215 g/mol. The predicted octanol–water partition coefficient (Wildman–Crippen LogP) is 1.79. The topological polar surface area (TPSA) is 38.3 Å². The first-order valence-electron chi connectivity index (χ1n) is 5.29. The minimum Gasteiger partial charge on any atom is -0.368 e. The summed E-state index contributed by atoms with van der Waals surface area (Å²) >= 11 is 0. The lowest BCUT2D eigenvalue weighted by molar-refractivity contribution is -0.124. The summed E-state index contributed by atoms with van der Waals surface area (Å²) in [4.78, 5) is 11.7. The van der Waals surface area contributed by atoms with E-state index in [2.05, 4.69) is 11.2 Å². The monoisotopic (exact) mass is 215 g/mol. The van der Waals surface area contributed by atoms with Crippen molar-refractivity contribution in [3.8, 4) is 12.3 Å². The van der Waals surface area contributed by atoms with Gasteiger partial charge < -0.3 is 10.1 Å². The Kier molecular flexibility index (Phi) is 3.23. The number of ether oxygens (including phenoxy) is 1. The zero-order valence-corrected chi connectivity index (χ0v) is 8.90. The van der Waals surface area contributed by atoms with Gasteiger partial charge in [0, 0.05) is 17.9 Å². The molecular weight excluding hydrogens is 202 g/mol. The van der Waals surface area contributed by atoms with E-state index < -0.39 is 0 Å². The number of hydrogen-bond donors (Lipinski definition) is 1. The van der Waals surface area contributed by atoms with Gasteiger partial charge in [-0.05, 0) is 31.0 Å². The summed E-state index contributed by atoms with van der Waals surface area (Å²) in [5.41, 5.74) is 1.47. The molecule has 1 aliphatic rings. The maximum absolute atomic E-state index is 11.7. The van der Waals surface area contributed by atoms with Crippen LogP contribution in [0.15, 0.2) is 24.3 Å². The normalized spacial score (nSPS) is 19.1. The Morgan fingerprint density at radius 1 is 1.56 bits per heavy atom. The van der Waals surface area contributed by atoms with Gasteiger partial charge in [0.05, 0.1) is 0 Å². The van der Waals surface area contributed by atoms with Crippen molar-refractivity contribution in [2.75, 3.05) is 11.9 Å². The van der Waals surface area contributed by atoms with Gasteiger partial charge in [0.1, 0.15) is 6.10 Å². The first kappa shape index (κ1) is 10.7. The van der Waals surface area contributed by atoms with E-state index in [4.69, 9.17) is 11.2 Å². The van der Waals surface area contributed by atoms with Gasteiger partial charge in [-0.25, -0.2) is 0 Å². The van der Waals surface area contributed by atoms with Crippen molar-refractivity contribution in [2.24, 2.45) is 0 Å². The number of terminal acetylenes is 1. The molecule has 0 radical (unpaired) electrons. The number of nitrogens with one attached hydrogen (secondary N) is 1. The Labute approximate surface area is 94.8 Å². The Morgan fingerprint density at radius 2 is 2.44 bits per heavy atom. The summed E-state index contributed by atoms with van der Waals surface area (Å²) in [6.07, 6.45) is 6.71. The summed E-state index contributed by atoms with van der Waals surface area (Å²) in [6, 6.07) is 7.22. The van der Waals surface area contributed by atoms with Crippen LogP contribution in [0, 0.1) is 12.3 Å². The van der Waals surface area contributed by atoms with Crippen LogP contribution in [0.5, 0.6) is 0 Å². The number of benzene rings is 1. The molecule has 2 rings (SSSR count). The molecule has 0 saturated carbocycles. The zero-order valence-electron chi connectivity index (χ0n) is 8.90. The first-order valence-corrected chi connectivity index (χ1v) is 5.29. The Bertz CT molecular complexity index is 428. The average Bonchev–Trinajstić information content (AvgIpc) is 2.83. The number of amides is 1. The molecule has 1 N–H and O–H groups in total. The van der Waals surface area contributed by atoms with E-state index >= 15 is 0 Å². The van der Waals surface area contributed by atoms with Crippen LogP contribution in [-0.4, -0.2) is 18.6 Å². The van der Waals surface area contributed by atoms with Gasteiger partial charge in [-0.1, -0.05) is 12.0 Å². The standard InChI is InChI=1S/C13H13NO2/c1-2-10-5-3-6-11(9-10)14-13(15)12-7-4-8-16-12/h1,3,5-6,9,12H,4,7-8H2,(H,14,15). The maximum Gasteiger partial charge on any atom is 0.253 e. The Balaban J connectivity index is 2.03. The van der Waals surface area contributed by atoms with Crippen LogP contribution in [0.25, 0.3) is 0 Å². The highest BCUT2D eigenvalue weighted by Crippen LogP contribution is 2.15. The predicted molar refractivity (Wildman–Crippen MR) is 62.0 cm³/mol. The van der Waals surface area contributed by atoms with Crippen molar-refractivity contribution in [1.82, 2.24) is 0 Å². The van der Waals surface area contributed by atoms with Gasteiger partial charge >= 0.3 is 0 Å². The molecule has 3 heteroatoms. The molecule has 1 heterocycles. The van der Waals surface area contributed by atoms with E-state index in [1.165, 1.54) is 0 Å². The fourth-order valence-electron chi connectivity index (χ4n) is 1.69. The van der Waals surface area contributed by atoms with Crippen LogP contribution in [-0.2, 0) is 9.53 Å². The molecule has 0 bridgehead atoms. The molecule has 1 amide bonds. The SMILES string of the molecule is C#Cc1cccc(NC(=O)C2CCCO2)c1. The second-order valence-electron chi connectivity index (χ2n) is 3.72. The lowest BCUT2D eigenvalue weighted by Gasteiger charge is -2.10. The molecule has 16 heavy (non-hydrogen) atoms. The van der Waals surface area contributed by atoms with Crippen LogP contribution >= 0.6 is 0 Å². The number of rotatable bonds is 2. The van der Waals surface area contributed by atoms with E-state index in [1.54, 1.807) is 6.07 Å². The second kappa shape index (κ2) is 4.82. The van der Waals surface area contributed by atoms with Crippen LogP contribution in [0.3, 0.4) is 0 Å². The van der Waals surface area contributed by atoms with Gasteiger partial charge in [0.2, 0.25) is 0 Å². The number of carbonyl (C=O) groups excluding carboxylic acids is 1. The van der Waals surface area contributed by atoms with Crippen molar-refractivity contribution in [3.63, 3.8) is 0 Å². The van der Waals surface area contributed by atoms with Crippen LogP contribution in [0.4, 0.5) is 5.69 Å². The van der Waals surface area contributed by atoms with Gasteiger partial charge in [-0.2, -0.15) is 0 Å².